The number of rotatable bonds is 1. The molecule has 0 N–H and O–H groups in total. The van der Waals surface area contributed by atoms with Crippen LogP contribution in [0, 0.1) is 13.5 Å². The Hall–Kier alpha value is -1.88. The first kappa shape index (κ1) is 41.3. The van der Waals surface area contributed by atoms with Gasteiger partial charge in [-0.2, -0.15) is 23.6 Å². The molecule has 3 aliphatic rings. The topological polar surface area (TPSA) is 0 Å². The van der Waals surface area contributed by atoms with Gasteiger partial charge in [-0.3, -0.25) is 6.08 Å². The van der Waals surface area contributed by atoms with Crippen molar-refractivity contribution in [3.63, 3.8) is 0 Å². The van der Waals surface area contributed by atoms with E-state index in [-0.39, 0.29) is 58.4 Å². The molecule has 6 aromatic carbocycles. The van der Waals surface area contributed by atoms with Crippen LogP contribution in [0.15, 0.2) is 158 Å². The second-order valence-electron chi connectivity index (χ2n) is 10.5. The van der Waals surface area contributed by atoms with Crippen LogP contribution in [-0.2, 0) is 47.1 Å². The minimum Gasteiger partial charge on any atom is -0.168 e. The SMILES string of the molecule is [C-]1=CC=CC1.[CH3-].[Cl-].[Cl-].[Cl][Zr+2][Cl].[Zr+3].c1ccc2[cH-]ccc2c1.c1ccc2c(c1)-c1ccccc1C2C1c2ccccc2-c2ccccc21. The number of fused-ring (bicyclic) bond motifs is 7. The van der Waals surface area contributed by atoms with Crippen LogP contribution in [0.4, 0.5) is 0 Å². The van der Waals surface area contributed by atoms with Gasteiger partial charge in [-0.1, -0.05) is 103 Å². The zero-order valence-electron chi connectivity index (χ0n) is 25.9. The van der Waals surface area contributed by atoms with Gasteiger partial charge in [0.05, 0.1) is 0 Å². The Morgan fingerprint density at radius 2 is 0.957 bits per heavy atom. The Kier molecular flexibility index (Phi) is 18.1. The van der Waals surface area contributed by atoms with Crippen molar-refractivity contribution in [3.8, 4) is 22.3 Å². The van der Waals surface area contributed by atoms with E-state index in [1.54, 1.807) is 0 Å². The normalized spacial score (nSPS) is 12.1. The van der Waals surface area contributed by atoms with E-state index in [0.717, 1.165) is 6.42 Å². The van der Waals surface area contributed by atoms with Crippen LogP contribution in [0.5, 0.6) is 0 Å². The first-order valence-corrected chi connectivity index (χ1v) is 20.8. The molecule has 0 heterocycles. The zero-order valence-corrected chi connectivity index (χ0v) is 33.8. The molecule has 1 radical (unpaired) electrons. The Bertz CT molecular complexity index is 1670. The number of hydrogen-bond donors (Lipinski definition) is 0. The van der Waals surface area contributed by atoms with Gasteiger partial charge in [-0.05, 0) is 44.5 Å². The monoisotopic (exact) mass is 845 g/mol. The van der Waals surface area contributed by atoms with E-state index in [1.165, 1.54) is 55.3 Å². The zero-order chi connectivity index (χ0) is 29.4. The van der Waals surface area contributed by atoms with Crippen molar-refractivity contribution in [1.82, 2.24) is 0 Å². The minimum absolute atomic E-state index is 0. The Balaban J connectivity index is 0.000000305. The van der Waals surface area contributed by atoms with Gasteiger partial charge in [0, 0.05) is 11.8 Å². The maximum Gasteiger partial charge on any atom is 3.00 e. The van der Waals surface area contributed by atoms with Gasteiger partial charge in [0.25, 0.3) is 0 Å². The summed E-state index contributed by atoms with van der Waals surface area (Å²) in [6, 6.07) is 50.5. The molecule has 47 heavy (non-hydrogen) atoms. The van der Waals surface area contributed by atoms with Crippen LogP contribution >= 0.6 is 17.0 Å². The molecule has 0 unspecified atom stereocenters. The fourth-order valence-corrected chi connectivity index (χ4v) is 6.52. The number of allylic oxidation sites excluding steroid dienone is 4. The summed E-state index contributed by atoms with van der Waals surface area (Å²) in [6.45, 7) is 0. The number of hydrogen-bond acceptors (Lipinski definition) is 0. The minimum atomic E-state index is -0.826. The van der Waals surface area contributed by atoms with E-state index in [4.69, 9.17) is 17.0 Å². The summed E-state index contributed by atoms with van der Waals surface area (Å²) in [6.07, 6.45) is 10.0. The van der Waals surface area contributed by atoms with Crippen molar-refractivity contribution in [2.45, 2.75) is 18.3 Å². The van der Waals surface area contributed by atoms with Crippen LogP contribution in [0.25, 0.3) is 33.0 Å². The summed E-state index contributed by atoms with van der Waals surface area (Å²) in [5.74, 6) is 0.763. The fraction of sp³-hybridized carbons (Fsp3) is 0.0732. The Morgan fingerprint density at radius 1 is 0.574 bits per heavy atom. The molecule has 0 aromatic heterocycles. The fourth-order valence-electron chi connectivity index (χ4n) is 6.52. The molecule has 0 saturated carbocycles. The third kappa shape index (κ3) is 9.22. The van der Waals surface area contributed by atoms with E-state index >= 15 is 0 Å². The molecule has 0 aliphatic heterocycles. The van der Waals surface area contributed by atoms with Gasteiger partial charge in [-0.25, -0.2) is 12.2 Å². The van der Waals surface area contributed by atoms with Crippen molar-refractivity contribution in [2.24, 2.45) is 0 Å². The average molecular weight is 850 g/mol. The van der Waals surface area contributed by atoms with Gasteiger partial charge >= 0.3 is 64.1 Å². The molecule has 0 nitrogen and oxygen atoms in total. The van der Waals surface area contributed by atoms with Crippen molar-refractivity contribution in [2.75, 3.05) is 0 Å². The number of benzene rings is 5. The Morgan fingerprint density at radius 3 is 1.30 bits per heavy atom. The molecule has 9 rings (SSSR count). The molecule has 233 valence electrons. The predicted molar refractivity (Wildman–Crippen MR) is 187 cm³/mol. The number of halogens is 4. The molecule has 0 spiro atoms. The van der Waals surface area contributed by atoms with Crippen LogP contribution in [-0.4, -0.2) is 0 Å². The van der Waals surface area contributed by atoms with E-state index in [1.807, 2.05) is 12.2 Å². The maximum atomic E-state index is 4.93. The van der Waals surface area contributed by atoms with Crippen molar-refractivity contribution in [1.29, 1.82) is 0 Å². The molecule has 0 saturated heterocycles. The van der Waals surface area contributed by atoms with Crippen LogP contribution < -0.4 is 24.8 Å². The van der Waals surface area contributed by atoms with E-state index in [0.29, 0.717) is 11.8 Å². The van der Waals surface area contributed by atoms with E-state index < -0.39 is 20.8 Å². The molecule has 0 bridgehead atoms. The molecular formula is C41H33Cl4Zr2. The van der Waals surface area contributed by atoms with E-state index in [2.05, 4.69) is 152 Å². The van der Waals surface area contributed by atoms with Gasteiger partial charge in [0.2, 0.25) is 0 Å². The van der Waals surface area contributed by atoms with Crippen molar-refractivity contribution in [3.05, 3.63) is 194 Å². The second-order valence-corrected chi connectivity index (χ2v) is 14.3. The molecular weight excluding hydrogens is 817 g/mol. The summed E-state index contributed by atoms with van der Waals surface area (Å²) in [4.78, 5) is 0. The van der Waals surface area contributed by atoms with Gasteiger partial charge in [-0.15, -0.1) is 36.1 Å². The van der Waals surface area contributed by atoms with Crippen molar-refractivity contribution >= 4 is 27.8 Å². The standard InChI is InChI=1S/C26H18.C9H7.C5H5.CH3.4ClH.2Zr/c1-5-13-21-17(9-1)18-10-2-6-14-22(18)25(21)26-23-15-7-3-11-19(23)20-12-4-8-16-24(20)26;1-2-5-9-7-3-6-8(9)4-1;1-2-4-5-3-1;;;;;;;/h1-16,25-26H;1-7H;1-3H,4H2;1H3;4*1H;;/q;3*-1;;;;;+3;+4/p-4. The summed E-state index contributed by atoms with van der Waals surface area (Å²) < 4.78 is 0. The second kappa shape index (κ2) is 20.6. The summed E-state index contributed by atoms with van der Waals surface area (Å²) >= 11 is -0.826. The molecule has 0 fully saturated rings. The summed E-state index contributed by atoms with van der Waals surface area (Å²) in [5, 5.41) is 2.66. The molecule has 6 heteroatoms. The quantitative estimate of drug-likeness (QED) is 0.171. The smallest absolute Gasteiger partial charge is 0.168 e. The van der Waals surface area contributed by atoms with Crippen LogP contribution in [0.3, 0.4) is 0 Å². The first-order chi connectivity index (χ1) is 21.3. The molecule has 0 amide bonds. The van der Waals surface area contributed by atoms with Crippen molar-refractivity contribution < 1.29 is 71.9 Å². The predicted octanol–water partition coefficient (Wildman–Crippen LogP) is 6.31. The van der Waals surface area contributed by atoms with Crippen LogP contribution in [0.1, 0.15) is 40.5 Å². The third-order valence-electron chi connectivity index (χ3n) is 8.23. The molecule has 6 aromatic rings. The maximum absolute atomic E-state index is 4.93. The van der Waals surface area contributed by atoms with E-state index in [9.17, 15) is 0 Å². The molecule has 3 aliphatic carbocycles. The first-order valence-electron chi connectivity index (χ1n) is 14.5. The Labute approximate surface area is 330 Å². The molecule has 0 atom stereocenters. The summed E-state index contributed by atoms with van der Waals surface area (Å²) in [5.41, 5.74) is 11.4. The van der Waals surface area contributed by atoms with Gasteiger partial charge in [0.15, 0.2) is 0 Å². The van der Waals surface area contributed by atoms with Gasteiger partial charge in [0.1, 0.15) is 0 Å². The largest absolute Gasteiger partial charge is 3.00 e. The summed E-state index contributed by atoms with van der Waals surface area (Å²) in [7, 11) is 9.87. The average Bonchev–Trinajstić information content (AvgIpc) is 3.88. The third-order valence-corrected chi connectivity index (χ3v) is 8.23. The van der Waals surface area contributed by atoms with Gasteiger partial charge < -0.3 is 32.2 Å². The van der Waals surface area contributed by atoms with Crippen LogP contribution in [0.2, 0.25) is 0 Å².